The number of ether oxygens (including phenoxy) is 1. The highest BCUT2D eigenvalue weighted by Gasteiger charge is 2.31. The summed E-state index contributed by atoms with van der Waals surface area (Å²) in [5, 5.41) is 20.5. The summed E-state index contributed by atoms with van der Waals surface area (Å²) >= 11 is 0. The lowest BCUT2D eigenvalue weighted by Gasteiger charge is -2.42. The van der Waals surface area contributed by atoms with Crippen molar-refractivity contribution in [1.29, 1.82) is 10.8 Å². The Bertz CT molecular complexity index is 1580. The number of benzene rings is 2. The molecule has 12 nitrogen and oxygen atoms in total. The van der Waals surface area contributed by atoms with Crippen LogP contribution >= 0.6 is 0 Å². The average molecular weight is 597 g/mol. The lowest BCUT2D eigenvalue weighted by Crippen LogP contribution is -2.52. The van der Waals surface area contributed by atoms with Crippen LogP contribution < -0.4 is 19.9 Å². The molecule has 2 aromatic carbocycles. The number of hydrogen-bond acceptors (Lipinski definition) is 10. The van der Waals surface area contributed by atoms with Crippen molar-refractivity contribution in [2.24, 2.45) is 0 Å². The monoisotopic (exact) mass is 596 g/mol. The molecule has 2 fully saturated rings. The summed E-state index contributed by atoms with van der Waals surface area (Å²) in [5.41, 5.74) is 3.25. The number of likely N-dealkylation sites (N-methyl/N-ethyl adjacent to an activating group) is 1. The Labute approximate surface area is 258 Å². The number of anilines is 5. The van der Waals surface area contributed by atoms with Crippen LogP contribution in [0.1, 0.15) is 35.7 Å². The number of carbonyl (C=O) groups excluding carboxylic acids is 1. The predicted molar refractivity (Wildman–Crippen MR) is 174 cm³/mol. The molecule has 3 aliphatic heterocycles. The third-order valence-corrected chi connectivity index (χ3v) is 8.89. The van der Waals surface area contributed by atoms with Gasteiger partial charge in [-0.25, -0.2) is 4.98 Å². The lowest BCUT2D eigenvalue weighted by atomic mass is 10.0. The minimum absolute atomic E-state index is 0.0119. The van der Waals surface area contributed by atoms with E-state index in [-0.39, 0.29) is 17.6 Å². The number of carbonyl (C=O) groups is 1. The number of amides is 1. The molecule has 3 aromatic rings. The van der Waals surface area contributed by atoms with Gasteiger partial charge in [-0.2, -0.15) is 4.98 Å². The average Bonchev–Trinajstić information content (AvgIpc) is 3.13. The second-order valence-corrected chi connectivity index (χ2v) is 11.7. The van der Waals surface area contributed by atoms with Gasteiger partial charge in [-0.15, -0.1) is 0 Å². The fourth-order valence-electron chi connectivity index (χ4n) is 6.35. The summed E-state index contributed by atoms with van der Waals surface area (Å²) < 4.78 is 5.69. The smallest absolute Gasteiger partial charge is 0.253 e. The predicted octanol–water partition coefficient (Wildman–Crippen LogP) is 3.99. The molecular formula is C32H40N10O2. The Morgan fingerprint density at radius 1 is 1.00 bits per heavy atom. The maximum absolute atomic E-state index is 13.5. The summed E-state index contributed by atoms with van der Waals surface area (Å²) in [6.07, 6.45) is 3.61. The van der Waals surface area contributed by atoms with Gasteiger partial charge in [0.1, 0.15) is 23.1 Å². The molecule has 0 bridgehead atoms. The quantitative estimate of drug-likeness (QED) is 0.296. The number of fused-ring (bicyclic) bond motifs is 2. The van der Waals surface area contributed by atoms with Gasteiger partial charge in [0.15, 0.2) is 5.82 Å². The molecule has 1 amide bonds. The number of amidine groups is 2. The van der Waals surface area contributed by atoms with Crippen LogP contribution in [0.5, 0.6) is 5.75 Å². The van der Waals surface area contributed by atoms with Crippen LogP contribution in [-0.4, -0.2) is 109 Å². The summed E-state index contributed by atoms with van der Waals surface area (Å²) in [6, 6.07) is 13.5. The number of rotatable bonds is 5. The van der Waals surface area contributed by atoms with E-state index >= 15 is 0 Å². The summed E-state index contributed by atoms with van der Waals surface area (Å²) in [5.74, 6) is 1.78. The molecule has 230 valence electrons. The van der Waals surface area contributed by atoms with E-state index in [0.717, 1.165) is 57.8 Å². The van der Waals surface area contributed by atoms with Gasteiger partial charge in [0, 0.05) is 63.5 Å². The maximum Gasteiger partial charge on any atom is 0.253 e. The van der Waals surface area contributed by atoms with E-state index in [4.69, 9.17) is 20.5 Å². The highest BCUT2D eigenvalue weighted by Crippen LogP contribution is 2.39. The molecular weight excluding hydrogens is 556 g/mol. The molecule has 0 atom stereocenters. The number of hydrogen-bond donors (Lipinski definition) is 3. The van der Waals surface area contributed by atoms with Crippen LogP contribution in [0.2, 0.25) is 0 Å². The molecule has 4 heterocycles. The second-order valence-electron chi connectivity index (χ2n) is 11.7. The standard InChI is InChI=1S/C32H40N10O2/c1-21(33)42-27-20-35-32(37-30(27)39(3)26-8-6-5-7-24(26)29(42)34)36-25-10-9-22(19-28(25)44-4)31(43)41-13-11-23(12-14-41)40-17-15-38(2)16-18-40/h5-10,19-20,23,33-34H,11-18H2,1-4H3,(H,35,36,37). The first kappa shape index (κ1) is 29.5. The number of likely N-dealkylation sites (tertiary alicyclic amines) is 1. The molecule has 6 rings (SSSR count). The van der Waals surface area contributed by atoms with Gasteiger partial charge >= 0.3 is 0 Å². The molecule has 0 spiro atoms. The molecule has 3 N–H and O–H groups in total. The van der Waals surface area contributed by atoms with Gasteiger partial charge in [0.25, 0.3) is 5.91 Å². The zero-order valence-corrected chi connectivity index (χ0v) is 25.8. The van der Waals surface area contributed by atoms with Crippen molar-refractivity contribution in [3.05, 3.63) is 59.8 Å². The van der Waals surface area contributed by atoms with E-state index in [9.17, 15) is 4.79 Å². The van der Waals surface area contributed by atoms with Gasteiger partial charge in [0.2, 0.25) is 5.95 Å². The minimum Gasteiger partial charge on any atom is -0.495 e. The van der Waals surface area contributed by atoms with E-state index in [1.807, 2.05) is 53.2 Å². The topological polar surface area (TPSA) is 128 Å². The van der Waals surface area contributed by atoms with Crippen molar-refractivity contribution in [3.8, 4) is 5.75 Å². The molecule has 1 aromatic heterocycles. The Morgan fingerprint density at radius 3 is 2.43 bits per heavy atom. The minimum atomic E-state index is 0.0119. The largest absolute Gasteiger partial charge is 0.495 e. The highest BCUT2D eigenvalue weighted by molar-refractivity contribution is 6.26. The molecule has 0 radical (unpaired) electrons. The molecule has 44 heavy (non-hydrogen) atoms. The fourth-order valence-corrected chi connectivity index (χ4v) is 6.35. The summed E-state index contributed by atoms with van der Waals surface area (Å²) in [4.78, 5) is 33.1. The first-order chi connectivity index (χ1) is 21.2. The Kier molecular flexibility index (Phi) is 8.19. The summed E-state index contributed by atoms with van der Waals surface area (Å²) in [7, 11) is 5.64. The first-order valence-electron chi connectivity index (χ1n) is 15.1. The van der Waals surface area contributed by atoms with Crippen molar-refractivity contribution in [2.75, 3.05) is 75.6 Å². The van der Waals surface area contributed by atoms with Crippen molar-refractivity contribution < 1.29 is 9.53 Å². The van der Waals surface area contributed by atoms with Crippen molar-refractivity contribution in [3.63, 3.8) is 0 Å². The summed E-state index contributed by atoms with van der Waals surface area (Å²) in [6.45, 7) is 7.55. The SMILES string of the molecule is COc1cc(C(=O)N2CCC(N3CCN(C)CC3)CC2)ccc1Nc1ncc2c(n1)N(C)c1ccccc1C(=N)N2C(C)=N. The number of piperazine rings is 1. The molecule has 0 unspecified atom stereocenters. The van der Waals surface area contributed by atoms with Crippen LogP contribution in [0, 0.1) is 10.8 Å². The zero-order valence-electron chi connectivity index (χ0n) is 25.8. The van der Waals surface area contributed by atoms with Gasteiger partial charge in [0.05, 0.1) is 24.7 Å². The normalized spacial score (nSPS) is 18.0. The van der Waals surface area contributed by atoms with Crippen molar-refractivity contribution in [2.45, 2.75) is 25.8 Å². The molecule has 2 saturated heterocycles. The zero-order chi connectivity index (χ0) is 31.0. The van der Waals surface area contributed by atoms with Gasteiger partial charge in [-0.1, -0.05) is 12.1 Å². The number of piperidine rings is 1. The van der Waals surface area contributed by atoms with Crippen LogP contribution in [-0.2, 0) is 0 Å². The Balaban J connectivity index is 1.19. The fraction of sp³-hybridized carbons (Fsp3) is 0.406. The van der Waals surface area contributed by atoms with Crippen LogP contribution in [0.4, 0.5) is 28.8 Å². The second kappa shape index (κ2) is 12.2. The molecule has 0 aliphatic carbocycles. The lowest BCUT2D eigenvalue weighted by molar-refractivity contribution is 0.0518. The van der Waals surface area contributed by atoms with E-state index < -0.39 is 0 Å². The molecule has 0 saturated carbocycles. The van der Waals surface area contributed by atoms with E-state index in [1.54, 1.807) is 26.3 Å². The van der Waals surface area contributed by atoms with E-state index in [0.29, 0.717) is 46.1 Å². The van der Waals surface area contributed by atoms with Gasteiger partial charge in [-0.05, 0) is 57.1 Å². The van der Waals surface area contributed by atoms with Crippen LogP contribution in [0.15, 0.2) is 48.7 Å². The molecule has 3 aliphatic rings. The third-order valence-electron chi connectivity index (χ3n) is 8.89. The van der Waals surface area contributed by atoms with Gasteiger partial charge < -0.3 is 24.8 Å². The number of para-hydroxylation sites is 1. The Hall–Kier alpha value is -4.55. The number of methoxy groups -OCH3 is 1. The van der Waals surface area contributed by atoms with Crippen LogP contribution in [0.25, 0.3) is 0 Å². The van der Waals surface area contributed by atoms with E-state index in [2.05, 4.69) is 27.1 Å². The number of nitrogens with zero attached hydrogens (tertiary/aromatic N) is 7. The molecule has 12 heteroatoms. The van der Waals surface area contributed by atoms with Crippen molar-refractivity contribution in [1.82, 2.24) is 24.7 Å². The van der Waals surface area contributed by atoms with Crippen LogP contribution in [0.3, 0.4) is 0 Å². The maximum atomic E-state index is 13.5. The van der Waals surface area contributed by atoms with Crippen molar-refractivity contribution >= 4 is 46.4 Å². The first-order valence-corrected chi connectivity index (χ1v) is 15.1. The Morgan fingerprint density at radius 2 is 1.73 bits per heavy atom. The third kappa shape index (κ3) is 5.58. The number of nitrogens with one attached hydrogen (secondary N) is 3. The van der Waals surface area contributed by atoms with E-state index in [1.165, 1.54) is 4.90 Å². The van der Waals surface area contributed by atoms with Gasteiger partial charge in [-0.3, -0.25) is 25.4 Å². The number of aromatic nitrogens is 2. The highest BCUT2D eigenvalue weighted by atomic mass is 16.5.